The summed E-state index contributed by atoms with van der Waals surface area (Å²) in [7, 11) is 1.59. The van der Waals surface area contributed by atoms with E-state index in [-0.39, 0.29) is 11.7 Å². The third kappa shape index (κ3) is 2.52. The van der Waals surface area contributed by atoms with Crippen LogP contribution in [0.1, 0.15) is 42.5 Å². The van der Waals surface area contributed by atoms with E-state index in [1.807, 2.05) is 12.1 Å². The van der Waals surface area contributed by atoms with E-state index >= 15 is 0 Å². The first kappa shape index (κ1) is 13.4. The van der Waals surface area contributed by atoms with E-state index in [0.29, 0.717) is 17.1 Å². The van der Waals surface area contributed by atoms with Crippen molar-refractivity contribution >= 4 is 6.29 Å². The SMILES string of the molecule is COc1ccc(OC2CCOC3(CCC3)C2)c(C=O)c1. The van der Waals surface area contributed by atoms with Crippen molar-refractivity contribution in [1.82, 2.24) is 0 Å². The molecular weight excluding hydrogens is 256 g/mol. The fourth-order valence-corrected chi connectivity index (χ4v) is 3.04. The first-order chi connectivity index (χ1) is 9.74. The van der Waals surface area contributed by atoms with Crippen LogP contribution in [-0.4, -0.2) is 31.7 Å². The molecule has 0 amide bonds. The zero-order valence-corrected chi connectivity index (χ0v) is 11.8. The second-order valence-electron chi connectivity index (χ2n) is 5.64. The quantitative estimate of drug-likeness (QED) is 0.793. The molecule has 108 valence electrons. The predicted octanol–water partition coefficient (Wildman–Crippen LogP) is 2.99. The van der Waals surface area contributed by atoms with Gasteiger partial charge in [0.25, 0.3) is 0 Å². The number of ether oxygens (including phenoxy) is 3. The average Bonchev–Trinajstić information content (AvgIpc) is 2.46. The molecule has 1 heterocycles. The molecule has 1 aromatic carbocycles. The van der Waals surface area contributed by atoms with Gasteiger partial charge in [-0.2, -0.15) is 0 Å². The van der Waals surface area contributed by atoms with Gasteiger partial charge in [-0.1, -0.05) is 0 Å². The van der Waals surface area contributed by atoms with Crippen LogP contribution in [0.15, 0.2) is 18.2 Å². The highest BCUT2D eigenvalue weighted by atomic mass is 16.5. The molecule has 0 N–H and O–H groups in total. The summed E-state index contributed by atoms with van der Waals surface area (Å²) in [6, 6.07) is 5.34. The smallest absolute Gasteiger partial charge is 0.153 e. The number of hydrogen-bond acceptors (Lipinski definition) is 4. The number of methoxy groups -OCH3 is 1. The van der Waals surface area contributed by atoms with Gasteiger partial charge in [0.1, 0.15) is 17.6 Å². The van der Waals surface area contributed by atoms with Crippen LogP contribution >= 0.6 is 0 Å². The molecule has 1 saturated carbocycles. The van der Waals surface area contributed by atoms with Crippen molar-refractivity contribution in [3.05, 3.63) is 23.8 Å². The highest BCUT2D eigenvalue weighted by molar-refractivity contribution is 5.80. The van der Waals surface area contributed by atoms with Crippen molar-refractivity contribution in [3.63, 3.8) is 0 Å². The number of aldehydes is 1. The Hall–Kier alpha value is -1.55. The number of carbonyl (C=O) groups is 1. The van der Waals surface area contributed by atoms with E-state index < -0.39 is 0 Å². The lowest BCUT2D eigenvalue weighted by atomic mass is 9.74. The van der Waals surface area contributed by atoms with Gasteiger partial charge in [0, 0.05) is 12.8 Å². The van der Waals surface area contributed by atoms with E-state index in [1.54, 1.807) is 13.2 Å². The van der Waals surface area contributed by atoms with E-state index in [9.17, 15) is 4.79 Å². The van der Waals surface area contributed by atoms with Crippen molar-refractivity contribution in [1.29, 1.82) is 0 Å². The Morgan fingerprint density at radius 3 is 2.90 bits per heavy atom. The first-order valence-corrected chi connectivity index (χ1v) is 7.18. The molecule has 1 spiro atoms. The molecule has 1 saturated heterocycles. The molecule has 2 aliphatic rings. The Kier molecular flexibility index (Phi) is 3.66. The zero-order valence-electron chi connectivity index (χ0n) is 11.8. The normalized spacial score (nSPS) is 23.9. The summed E-state index contributed by atoms with van der Waals surface area (Å²) in [5.41, 5.74) is 0.593. The number of rotatable bonds is 4. The molecule has 4 heteroatoms. The van der Waals surface area contributed by atoms with Gasteiger partial charge in [-0.25, -0.2) is 0 Å². The molecule has 0 bridgehead atoms. The minimum Gasteiger partial charge on any atom is -0.497 e. The lowest BCUT2D eigenvalue weighted by Gasteiger charge is -2.46. The number of benzene rings is 1. The van der Waals surface area contributed by atoms with Crippen LogP contribution in [0.2, 0.25) is 0 Å². The summed E-state index contributed by atoms with van der Waals surface area (Å²) in [5.74, 6) is 1.31. The summed E-state index contributed by atoms with van der Waals surface area (Å²) in [6.45, 7) is 0.747. The summed E-state index contributed by atoms with van der Waals surface area (Å²) < 4.78 is 17.1. The van der Waals surface area contributed by atoms with Crippen molar-refractivity contribution in [2.45, 2.75) is 43.8 Å². The molecule has 1 aliphatic carbocycles. The Labute approximate surface area is 119 Å². The maximum Gasteiger partial charge on any atom is 0.153 e. The Morgan fingerprint density at radius 2 is 2.25 bits per heavy atom. The monoisotopic (exact) mass is 276 g/mol. The third-order valence-electron chi connectivity index (χ3n) is 4.35. The lowest BCUT2D eigenvalue weighted by molar-refractivity contribution is -0.153. The molecule has 1 aliphatic heterocycles. The van der Waals surface area contributed by atoms with Gasteiger partial charge in [-0.05, 0) is 37.5 Å². The molecule has 1 aromatic rings. The van der Waals surface area contributed by atoms with E-state index in [1.165, 1.54) is 6.42 Å². The van der Waals surface area contributed by atoms with Gasteiger partial charge in [0.05, 0.1) is 24.9 Å². The van der Waals surface area contributed by atoms with E-state index in [0.717, 1.165) is 38.6 Å². The topological polar surface area (TPSA) is 44.8 Å². The van der Waals surface area contributed by atoms with Crippen LogP contribution in [0.25, 0.3) is 0 Å². The maximum atomic E-state index is 11.2. The predicted molar refractivity (Wildman–Crippen MR) is 74.6 cm³/mol. The van der Waals surface area contributed by atoms with Crippen LogP contribution in [0.5, 0.6) is 11.5 Å². The maximum absolute atomic E-state index is 11.2. The van der Waals surface area contributed by atoms with Gasteiger partial charge in [0.2, 0.25) is 0 Å². The summed E-state index contributed by atoms with van der Waals surface area (Å²) in [4.78, 5) is 11.2. The Balaban J connectivity index is 1.72. The molecular formula is C16H20O4. The van der Waals surface area contributed by atoms with Crippen LogP contribution < -0.4 is 9.47 Å². The van der Waals surface area contributed by atoms with Gasteiger partial charge in [0.15, 0.2) is 6.29 Å². The highest BCUT2D eigenvalue weighted by Crippen LogP contribution is 2.43. The first-order valence-electron chi connectivity index (χ1n) is 7.18. The van der Waals surface area contributed by atoms with Gasteiger partial charge < -0.3 is 14.2 Å². The van der Waals surface area contributed by atoms with Gasteiger partial charge in [-0.3, -0.25) is 4.79 Å². The summed E-state index contributed by atoms with van der Waals surface area (Å²) >= 11 is 0. The Bertz CT molecular complexity index is 493. The van der Waals surface area contributed by atoms with Crippen molar-refractivity contribution in [3.8, 4) is 11.5 Å². The molecule has 2 fully saturated rings. The fourth-order valence-electron chi connectivity index (χ4n) is 3.04. The second kappa shape index (κ2) is 5.44. The van der Waals surface area contributed by atoms with E-state index in [2.05, 4.69) is 0 Å². The highest BCUT2D eigenvalue weighted by Gasteiger charge is 2.43. The molecule has 3 rings (SSSR count). The van der Waals surface area contributed by atoms with Crippen molar-refractivity contribution in [2.24, 2.45) is 0 Å². The summed E-state index contributed by atoms with van der Waals surface area (Å²) in [6.07, 6.45) is 6.27. The zero-order chi connectivity index (χ0) is 14.0. The fraction of sp³-hybridized carbons (Fsp3) is 0.562. The van der Waals surface area contributed by atoms with Gasteiger partial charge in [-0.15, -0.1) is 0 Å². The van der Waals surface area contributed by atoms with Crippen molar-refractivity contribution < 1.29 is 19.0 Å². The molecule has 4 nitrogen and oxygen atoms in total. The Morgan fingerprint density at radius 1 is 1.40 bits per heavy atom. The molecule has 1 unspecified atom stereocenters. The number of hydrogen-bond donors (Lipinski definition) is 0. The van der Waals surface area contributed by atoms with Crippen LogP contribution in [0.4, 0.5) is 0 Å². The number of carbonyl (C=O) groups excluding carboxylic acids is 1. The van der Waals surface area contributed by atoms with Crippen LogP contribution in [0.3, 0.4) is 0 Å². The second-order valence-corrected chi connectivity index (χ2v) is 5.64. The van der Waals surface area contributed by atoms with Crippen molar-refractivity contribution in [2.75, 3.05) is 13.7 Å². The largest absolute Gasteiger partial charge is 0.497 e. The minimum absolute atomic E-state index is 0.0523. The molecule has 0 radical (unpaired) electrons. The lowest BCUT2D eigenvalue weighted by Crippen LogP contribution is -2.48. The van der Waals surface area contributed by atoms with E-state index in [4.69, 9.17) is 14.2 Å². The summed E-state index contributed by atoms with van der Waals surface area (Å²) in [5, 5.41) is 0. The molecule has 0 aromatic heterocycles. The minimum atomic E-state index is 0.0523. The standard InChI is InChI=1S/C16H20O4/c1-18-13-3-4-15(12(9-13)11-17)20-14-5-8-19-16(10-14)6-2-7-16/h3-4,9,11,14H,2,5-8,10H2,1H3. The van der Waals surface area contributed by atoms with Crippen LogP contribution in [0, 0.1) is 0 Å². The van der Waals surface area contributed by atoms with Crippen LogP contribution in [-0.2, 0) is 4.74 Å². The molecule has 20 heavy (non-hydrogen) atoms. The van der Waals surface area contributed by atoms with Gasteiger partial charge >= 0.3 is 0 Å². The average molecular weight is 276 g/mol. The molecule has 1 atom stereocenters. The third-order valence-corrected chi connectivity index (χ3v) is 4.35.